The Labute approximate surface area is 127 Å². The van der Waals surface area contributed by atoms with Crippen LogP contribution in [0.3, 0.4) is 0 Å². The Morgan fingerprint density at radius 3 is 2.32 bits per heavy atom. The van der Waals surface area contributed by atoms with Gasteiger partial charge in [-0.2, -0.15) is 0 Å². The van der Waals surface area contributed by atoms with Gasteiger partial charge in [-0.25, -0.2) is 22.3 Å². The zero-order valence-corrected chi connectivity index (χ0v) is 12.5. The third-order valence-corrected chi connectivity index (χ3v) is 5.10. The van der Waals surface area contributed by atoms with Gasteiger partial charge in [0, 0.05) is 19.6 Å². The first kappa shape index (κ1) is 16.7. The number of amides is 1. The molecule has 1 fully saturated rings. The summed E-state index contributed by atoms with van der Waals surface area (Å²) >= 11 is 0. The summed E-state index contributed by atoms with van der Waals surface area (Å²) in [6.45, 7) is 0.0639. The summed E-state index contributed by atoms with van der Waals surface area (Å²) < 4.78 is 39.2. The highest BCUT2D eigenvalue weighted by Crippen LogP contribution is 2.22. The molecule has 0 aliphatic carbocycles. The van der Waals surface area contributed by atoms with Crippen molar-refractivity contribution in [1.29, 1.82) is 0 Å². The number of likely N-dealkylation sites (tertiary alicyclic amines) is 1. The van der Waals surface area contributed by atoms with Gasteiger partial charge in [-0.3, -0.25) is 0 Å². The molecule has 0 saturated carbocycles. The van der Waals surface area contributed by atoms with E-state index < -0.39 is 27.5 Å². The number of nitrogens with one attached hydrogen (secondary N) is 1. The van der Waals surface area contributed by atoms with Crippen molar-refractivity contribution in [3.63, 3.8) is 0 Å². The highest BCUT2D eigenvalue weighted by Gasteiger charge is 2.35. The van der Waals surface area contributed by atoms with Crippen molar-refractivity contribution in [3.8, 4) is 0 Å². The Kier molecular flexibility index (Phi) is 4.69. The zero-order chi connectivity index (χ0) is 16.4. The lowest BCUT2D eigenvalue weighted by Gasteiger charge is -2.36. The van der Waals surface area contributed by atoms with Gasteiger partial charge in [0.25, 0.3) is 0 Å². The first-order chi connectivity index (χ1) is 10.2. The SMILES string of the molecule is O=C(O)N1CCC(O)(CNS(=O)(=O)c2ccc(F)cc2)CC1. The minimum absolute atomic E-state index is 0.0968. The molecular weight excluding hydrogens is 315 g/mol. The minimum atomic E-state index is -3.85. The third kappa shape index (κ3) is 3.93. The molecule has 0 aromatic heterocycles. The summed E-state index contributed by atoms with van der Waals surface area (Å²) in [6.07, 6.45) is -0.773. The second-order valence-electron chi connectivity index (χ2n) is 5.27. The molecule has 1 amide bonds. The first-order valence-electron chi connectivity index (χ1n) is 6.67. The van der Waals surface area contributed by atoms with Crippen LogP contribution >= 0.6 is 0 Å². The van der Waals surface area contributed by atoms with E-state index in [9.17, 15) is 22.7 Å². The Morgan fingerprint density at radius 1 is 1.27 bits per heavy atom. The van der Waals surface area contributed by atoms with Gasteiger partial charge in [0.1, 0.15) is 5.82 Å². The van der Waals surface area contributed by atoms with Gasteiger partial charge in [0.15, 0.2) is 0 Å². The van der Waals surface area contributed by atoms with Crippen LogP contribution in [0.4, 0.5) is 9.18 Å². The van der Waals surface area contributed by atoms with E-state index in [-0.39, 0.29) is 37.4 Å². The lowest BCUT2D eigenvalue weighted by atomic mass is 9.92. The summed E-state index contributed by atoms with van der Waals surface area (Å²) in [5.74, 6) is -0.543. The monoisotopic (exact) mass is 332 g/mol. The topological polar surface area (TPSA) is 107 Å². The van der Waals surface area contributed by atoms with Gasteiger partial charge in [0.05, 0.1) is 10.5 Å². The van der Waals surface area contributed by atoms with E-state index in [0.29, 0.717) is 0 Å². The van der Waals surface area contributed by atoms with Crippen LogP contribution in [0.1, 0.15) is 12.8 Å². The lowest BCUT2D eigenvalue weighted by molar-refractivity contribution is -0.0119. The van der Waals surface area contributed by atoms with Crippen LogP contribution in [0, 0.1) is 5.82 Å². The molecule has 0 bridgehead atoms. The number of hydrogen-bond acceptors (Lipinski definition) is 4. The molecule has 0 spiro atoms. The number of aliphatic hydroxyl groups is 1. The number of sulfonamides is 1. The molecule has 3 N–H and O–H groups in total. The number of rotatable bonds is 4. The molecule has 22 heavy (non-hydrogen) atoms. The number of halogens is 1. The van der Waals surface area contributed by atoms with Crippen LogP contribution in [0.25, 0.3) is 0 Å². The van der Waals surface area contributed by atoms with Crippen LogP contribution in [0.5, 0.6) is 0 Å². The maximum absolute atomic E-state index is 12.8. The smallest absolute Gasteiger partial charge is 0.407 e. The molecule has 122 valence electrons. The Balaban J connectivity index is 1.97. The molecule has 1 aromatic rings. The molecule has 7 nitrogen and oxygen atoms in total. The second kappa shape index (κ2) is 6.19. The number of piperidine rings is 1. The molecule has 1 aliphatic rings. The van der Waals surface area contributed by atoms with Crippen molar-refractivity contribution in [2.75, 3.05) is 19.6 Å². The maximum Gasteiger partial charge on any atom is 0.407 e. The van der Waals surface area contributed by atoms with Crippen molar-refractivity contribution in [2.24, 2.45) is 0 Å². The normalized spacial score (nSPS) is 18.2. The predicted molar refractivity (Wildman–Crippen MR) is 75.4 cm³/mol. The summed E-state index contributed by atoms with van der Waals surface area (Å²) in [6, 6.07) is 4.34. The quantitative estimate of drug-likeness (QED) is 0.749. The third-order valence-electron chi connectivity index (χ3n) is 3.68. The number of carboxylic acid groups (broad SMARTS) is 1. The molecule has 1 aromatic carbocycles. The van der Waals surface area contributed by atoms with E-state index in [1.807, 2.05) is 0 Å². The van der Waals surface area contributed by atoms with E-state index in [1.54, 1.807) is 0 Å². The molecule has 1 heterocycles. The Hall–Kier alpha value is -1.71. The average Bonchev–Trinajstić information content (AvgIpc) is 2.46. The molecule has 9 heteroatoms. The molecule has 1 aliphatic heterocycles. The summed E-state index contributed by atoms with van der Waals surface area (Å²) in [5, 5.41) is 19.2. The predicted octanol–water partition coefficient (Wildman–Crippen LogP) is 0.609. The fourth-order valence-corrected chi connectivity index (χ4v) is 3.34. The fraction of sp³-hybridized carbons (Fsp3) is 0.462. The van der Waals surface area contributed by atoms with Gasteiger partial charge in [0.2, 0.25) is 10.0 Å². The highest BCUT2D eigenvalue weighted by atomic mass is 32.2. The van der Waals surface area contributed by atoms with Crippen LogP contribution in [-0.4, -0.2) is 54.9 Å². The average molecular weight is 332 g/mol. The van der Waals surface area contributed by atoms with Crippen molar-refractivity contribution < 1.29 is 27.8 Å². The van der Waals surface area contributed by atoms with Crippen LogP contribution in [0.15, 0.2) is 29.2 Å². The molecule has 1 saturated heterocycles. The van der Waals surface area contributed by atoms with E-state index in [0.717, 1.165) is 24.3 Å². The van der Waals surface area contributed by atoms with Crippen molar-refractivity contribution in [3.05, 3.63) is 30.1 Å². The van der Waals surface area contributed by atoms with Gasteiger partial charge in [-0.15, -0.1) is 0 Å². The van der Waals surface area contributed by atoms with E-state index >= 15 is 0 Å². The Bertz CT molecular complexity index is 639. The lowest BCUT2D eigenvalue weighted by Crippen LogP contribution is -2.51. The van der Waals surface area contributed by atoms with E-state index in [4.69, 9.17) is 5.11 Å². The van der Waals surface area contributed by atoms with Gasteiger partial charge < -0.3 is 15.1 Å². The first-order valence-corrected chi connectivity index (χ1v) is 8.16. The van der Waals surface area contributed by atoms with Gasteiger partial charge >= 0.3 is 6.09 Å². The summed E-state index contributed by atoms with van der Waals surface area (Å²) in [4.78, 5) is 11.9. The van der Waals surface area contributed by atoms with Crippen LogP contribution in [-0.2, 0) is 10.0 Å². The molecule has 2 rings (SSSR count). The number of benzene rings is 1. The summed E-state index contributed by atoms with van der Waals surface area (Å²) in [5.41, 5.74) is -1.29. The highest BCUT2D eigenvalue weighted by molar-refractivity contribution is 7.89. The van der Waals surface area contributed by atoms with E-state index in [1.165, 1.54) is 4.90 Å². The molecule has 0 atom stereocenters. The number of nitrogens with zero attached hydrogens (tertiary/aromatic N) is 1. The van der Waals surface area contributed by atoms with Gasteiger partial charge in [-0.1, -0.05) is 0 Å². The van der Waals surface area contributed by atoms with E-state index in [2.05, 4.69) is 4.72 Å². The maximum atomic E-state index is 12.8. The minimum Gasteiger partial charge on any atom is -0.465 e. The standard InChI is InChI=1S/C13H17FN2O5S/c14-10-1-3-11(4-2-10)22(20,21)15-9-13(19)5-7-16(8-6-13)12(17)18/h1-4,15,19H,5-9H2,(H,17,18). The molecule has 0 radical (unpaired) electrons. The molecule has 0 unspecified atom stereocenters. The largest absolute Gasteiger partial charge is 0.465 e. The number of hydrogen-bond donors (Lipinski definition) is 3. The molecular formula is C13H17FN2O5S. The fourth-order valence-electron chi connectivity index (χ4n) is 2.22. The van der Waals surface area contributed by atoms with Crippen molar-refractivity contribution in [2.45, 2.75) is 23.3 Å². The second-order valence-corrected chi connectivity index (χ2v) is 7.04. The Morgan fingerprint density at radius 2 is 1.82 bits per heavy atom. The number of carbonyl (C=O) groups is 1. The van der Waals surface area contributed by atoms with Crippen molar-refractivity contribution in [1.82, 2.24) is 9.62 Å². The van der Waals surface area contributed by atoms with Crippen molar-refractivity contribution >= 4 is 16.1 Å². The van der Waals surface area contributed by atoms with Crippen LogP contribution in [0.2, 0.25) is 0 Å². The zero-order valence-electron chi connectivity index (χ0n) is 11.7. The summed E-state index contributed by atoms with van der Waals surface area (Å²) in [7, 11) is -3.85. The van der Waals surface area contributed by atoms with Crippen LogP contribution < -0.4 is 4.72 Å². The van der Waals surface area contributed by atoms with Gasteiger partial charge in [-0.05, 0) is 37.1 Å².